The summed E-state index contributed by atoms with van der Waals surface area (Å²) in [6.45, 7) is 9.03. The monoisotopic (exact) mass is 709 g/mol. The van der Waals surface area contributed by atoms with Gasteiger partial charge in [-0.05, 0) is 91.6 Å². The van der Waals surface area contributed by atoms with Crippen molar-refractivity contribution in [2.24, 2.45) is 11.0 Å². The second kappa shape index (κ2) is 18.6. The number of anilines is 1. The predicted octanol–water partition coefficient (Wildman–Crippen LogP) is 8.63. The molecule has 1 saturated carbocycles. The van der Waals surface area contributed by atoms with Crippen LogP contribution in [-0.2, 0) is 19.1 Å². The van der Waals surface area contributed by atoms with Crippen LogP contribution < -0.4 is 14.9 Å². The third-order valence-corrected chi connectivity index (χ3v) is 9.68. The Morgan fingerprint density at radius 2 is 1.76 bits per heavy atom. The average Bonchev–Trinajstić information content (AvgIpc) is 3.57. The van der Waals surface area contributed by atoms with Gasteiger partial charge in [-0.3, -0.25) is 5.43 Å². The van der Waals surface area contributed by atoms with Crippen LogP contribution in [-0.4, -0.2) is 48.4 Å². The van der Waals surface area contributed by atoms with Crippen molar-refractivity contribution >= 4 is 50.8 Å². The third-order valence-electron chi connectivity index (χ3n) is 8.74. The number of hydrogen-bond acceptors (Lipinski definition) is 11. The van der Waals surface area contributed by atoms with Crippen LogP contribution in [0.5, 0.6) is 11.5 Å². The SMILES string of the molecule is C=CC(=O)OCCC(COc1ccc(C(=O)Oc2ccc(C3CCC(CCC)CC3)cc2/C=N/Nc2nc3ccccc3s2)cc1)OC(=O)C=C. The Morgan fingerprint density at radius 1 is 1.00 bits per heavy atom. The van der Waals surface area contributed by atoms with Crippen molar-refractivity contribution < 1.29 is 33.3 Å². The zero-order chi connectivity index (χ0) is 36.0. The van der Waals surface area contributed by atoms with Gasteiger partial charge in [0, 0.05) is 24.1 Å². The average molecular weight is 710 g/mol. The lowest BCUT2D eigenvalue weighted by atomic mass is 9.77. The highest BCUT2D eigenvalue weighted by Crippen LogP contribution is 2.38. The molecule has 0 spiro atoms. The first kappa shape index (κ1) is 37.0. The Labute approximate surface area is 302 Å². The number of esters is 3. The summed E-state index contributed by atoms with van der Waals surface area (Å²) in [4.78, 5) is 41.1. The maximum absolute atomic E-state index is 13.3. The highest BCUT2D eigenvalue weighted by Gasteiger charge is 2.23. The normalized spacial score (nSPS) is 16.3. The van der Waals surface area contributed by atoms with E-state index in [4.69, 9.17) is 18.9 Å². The molecule has 1 aliphatic rings. The fourth-order valence-electron chi connectivity index (χ4n) is 6.06. The number of carbonyl (C=O) groups is 3. The number of nitrogens with one attached hydrogen (secondary N) is 1. The van der Waals surface area contributed by atoms with Gasteiger partial charge in [-0.15, -0.1) is 0 Å². The lowest BCUT2D eigenvalue weighted by Crippen LogP contribution is -2.26. The van der Waals surface area contributed by atoms with Gasteiger partial charge in [-0.1, -0.05) is 62.5 Å². The number of hydrogen-bond donors (Lipinski definition) is 1. The molecule has 5 rings (SSSR count). The minimum absolute atomic E-state index is 0.00460. The summed E-state index contributed by atoms with van der Waals surface area (Å²) in [6.07, 6.45) is 10.5. The molecule has 0 aliphatic heterocycles. The van der Waals surface area contributed by atoms with Crippen LogP contribution >= 0.6 is 11.3 Å². The van der Waals surface area contributed by atoms with E-state index in [1.165, 1.54) is 42.6 Å². The van der Waals surface area contributed by atoms with Crippen molar-refractivity contribution in [3.63, 3.8) is 0 Å². The van der Waals surface area contributed by atoms with E-state index in [-0.39, 0.29) is 19.6 Å². The van der Waals surface area contributed by atoms with Crippen LogP contribution in [0.3, 0.4) is 0 Å². The molecule has 0 saturated heterocycles. The van der Waals surface area contributed by atoms with Crippen LogP contribution in [0.15, 0.2) is 97.1 Å². The zero-order valence-electron chi connectivity index (χ0n) is 28.8. The minimum atomic E-state index is -0.698. The Kier molecular flexibility index (Phi) is 13.5. The van der Waals surface area contributed by atoms with Crippen LogP contribution in [0.4, 0.5) is 5.13 Å². The highest BCUT2D eigenvalue weighted by atomic mass is 32.1. The van der Waals surface area contributed by atoms with Crippen molar-refractivity contribution in [3.05, 3.63) is 109 Å². The summed E-state index contributed by atoms with van der Waals surface area (Å²) in [7, 11) is 0. The molecular formula is C40H43N3O7S. The van der Waals surface area contributed by atoms with Gasteiger partial charge in [0.2, 0.25) is 5.13 Å². The van der Waals surface area contributed by atoms with Gasteiger partial charge in [0.05, 0.1) is 28.6 Å². The molecule has 1 fully saturated rings. The van der Waals surface area contributed by atoms with Crippen molar-refractivity contribution in [1.29, 1.82) is 0 Å². The maximum atomic E-state index is 13.3. The number of fused-ring (bicyclic) bond motifs is 1. The zero-order valence-corrected chi connectivity index (χ0v) is 29.6. The minimum Gasteiger partial charge on any atom is -0.490 e. The summed E-state index contributed by atoms with van der Waals surface area (Å²) in [5.74, 6) is 0.345. The van der Waals surface area contributed by atoms with Crippen LogP contribution in [0.2, 0.25) is 0 Å². The number of ether oxygens (including phenoxy) is 4. The van der Waals surface area contributed by atoms with Gasteiger partial charge < -0.3 is 18.9 Å². The predicted molar refractivity (Wildman–Crippen MR) is 200 cm³/mol. The molecule has 11 heteroatoms. The third kappa shape index (κ3) is 10.8. The lowest BCUT2D eigenvalue weighted by molar-refractivity contribution is -0.146. The smallest absolute Gasteiger partial charge is 0.343 e. The molecule has 0 bridgehead atoms. The van der Waals surface area contributed by atoms with Crippen molar-refractivity contribution in [2.45, 2.75) is 63.9 Å². The number of carbonyl (C=O) groups excluding carboxylic acids is 3. The van der Waals surface area contributed by atoms with E-state index >= 15 is 0 Å². The van der Waals surface area contributed by atoms with Gasteiger partial charge in [-0.25, -0.2) is 19.4 Å². The molecular weight excluding hydrogens is 667 g/mol. The van der Waals surface area contributed by atoms with E-state index in [0.29, 0.717) is 33.7 Å². The summed E-state index contributed by atoms with van der Waals surface area (Å²) >= 11 is 1.51. The number of para-hydroxylation sites is 1. The van der Waals surface area contributed by atoms with Crippen molar-refractivity contribution in [3.8, 4) is 11.5 Å². The Morgan fingerprint density at radius 3 is 2.49 bits per heavy atom. The number of rotatable bonds is 17. The molecule has 3 aromatic carbocycles. The van der Waals surface area contributed by atoms with E-state index < -0.39 is 24.0 Å². The van der Waals surface area contributed by atoms with Gasteiger partial charge in [0.25, 0.3) is 0 Å². The maximum Gasteiger partial charge on any atom is 0.343 e. The second-order valence-corrected chi connectivity index (χ2v) is 13.3. The molecule has 4 aromatic rings. The van der Waals surface area contributed by atoms with E-state index in [0.717, 1.165) is 41.1 Å². The first-order valence-corrected chi connectivity index (χ1v) is 18.0. The molecule has 1 unspecified atom stereocenters. The Hall–Kier alpha value is -5.29. The molecule has 1 atom stereocenters. The molecule has 10 nitrogen and oxygen atoms in total. The first-order chi connectivity index (χ1) is 24.8. The van der Waals surface area contributed by atoms with E-state index in [1.807, 2.05) is 30.3 Å². The largest absolute Gasteiger partial charge is 0.490 e. The highest BCUT2D eigenvalue weighted by molar-refractivity contribution is 7.22. The lowest BCUT2D eigenvalue weighted by Gasteiger charge is -2.29. The standard InChI is InChI=1S/C40H43N3O7S/c1-4-9-27-12-14-28(15-13-27)30-18-21-35(31(24-30)25-41-43-40-42-34-10-7-8-11-36(34)51-40)50-39(46)29-16-19-32(20-17-29)48-26-33(49-38(45)6-3)22-23-47-37(44)5-2/h5-8,10-11,16-21,24-25,27-28,33H,2-4,9,12-15,22-23,26H2,1H3,(H,42,43)/b41-25+. The number of benzene rings is 3. The van der Waals surface area contributed by atoms with Gasteiger partial charge >= 0.3 is 17.9 Å². The summed E-state index contributed by atoms with van der Waals surface area (Å²) < 4.78 is 23.1. The van der Waals surface area contributed by atoms with Crippen LogP contribution in [0, 0.1) is 5.92 Å². The van der Waals surface area contributed by atoms with Gasteiger partial charge in [-0.2, -0.15) is 5.10 Å². The molecule has 1 heterocycles. The second-order valence-electron chi connectivity index (χ2n) is 12.3. The molecule has 1 N–H and O–H groups in total. The molecule has 0 amide bonds. The van der Waals surface area contributed by atoms with E-state index in [9.17, 15) is 14.4 Å². The van der Waals surface area contributed by atoms with E-state index in [2.05, 4.69) is 47.7 Å². The molecule has 1 aromatic heterocycles. The quantitative estimate of drug-likeness (QED) is 0.0377. The Bertz CT molecular complexity index is 1810. The molecule has 1 aliphatic carbocycles. The topological polar surface area (TPSA) is 125 Å². The number of nitrogens with zero attached hydrogens (tertiary/aromatic N) is 2. The number of thiazole rings is 1. The summed E-state index contributed by atoms with van der Waals surface area (Å²) in [5.41, 5.74) is 6.15. The van der Waals surface area contributed by atoms with Gasteiger partial charge in [0.15, 0.2) is 0 Å². The Balaban J connectivity index is 1.25. The molecule has 266 valence electrons. The fourth-order valence-corrected chi connectivity index (χ4v) is 6.87. The summed E-state index contributed by atoms with van der Waals surface area (Å²) in [5, 5.41) is 5.14. The fraction of sp³-hybridized carbons (Fsp3) is 0.325. The molecule has 0 radical (unpaired) electrons. The summed E-state index contributed by atoms with van der Waals surface area (Å²) in [6, 6.07) is 20.3. The van der Waals surface area contributed by atoms with Crippen LogP contribution in [0.1, 0.15) is 79.3 Å². The van der Waals surface area contributed by atoms with Crippen LogP contribution in [0.25, 0.3) is 10.2 Å². The number of hydrazone groups is 1. The first-order valence-electron chi connectivity index (χ1n) is 17.2. The van der Waals surface area contributed by atoms with Crippen molar-refractivity contribution in [1.82, 2.24) is 4.98 Å². The number of aromatic nitrogens is 1. The van der Waals surface area contributed by atoms with Gasteiger partial charge in [0.1, 0.15) is 24.2 Å². The van der Waals surface area contributed by atoms with Crippen molar-refractivity contribution in [2.75, 3.05) is 18.6 Å². The van der Waals surface area contributed by atoms with E-state index in [1.54, 1.807) is 30.5 Å². The molecule has 51 heavy (non-hydrogen) atoms.